The fourth-order valence-corrected chi connectivity index (χ4v) is 1.17. The monoisotopic (exact) mass is 179 g/mol. The molecule has 0 bridgehead atoms. The molecule has 0 saturated heterocycles. The number of nitrogens with one attached hydrogen (secondary N) is 1. The maximum atomic E-state index is 4.12. The molecule has 0 unspecified atom stereocenters. The fourth-order valence-electron chi connectivity index (χ4n) is 1.17. The molecule has 0 saturated carbocycles. The zero-order valence-corrected chi connectivity index (χ0v) is 8.54. The van der Waals surface area contributed by atoms with Crippen molar-refractivity contribution in [3.8, 4) is 0 Å². The van der Waals surface area contributed by atoms with Crippen LogP contribution in [0.3, 0.4) is 0 Å². The quantitative estimate of drug-likeness (QED) is 0.759. The van der Waals surface area contributed by atoms with E-state index in [0.717, 1.165) is 6.42 Å². The molecule has 0 aliphatic heterocycles. The maximum absolute atomic E-state index is 4.12. The predicted molar refractivity (Wildman–Crippen MR) is 55.5 cm³/mol. The summed E-state index contributed by atoms with van der Waals surface area (Å²) in [5.41, 5.74) is 1.34. The van der Waals surface area contributed by atoms with Gasteiger partial charge in [0.1, 0.15) is 0 Å². The summed E-state index contributed by atoms with van der Waals surface area (Å²) in [4.78, 5) is 0. The summed E-state index contributed by atoms with van der Waals surface area (Å²) < 4.78 is 1.72. The zero-order chi connectivity index (χ0) is 9.90. The summed E-state index contributed by atoms with van der Waals surface area (Å²) >= 11 is 0. The minimum absolute atomic E-state index is 0.120. The highest BCUT2D eigenvalue weighted by Crippen LogP contribution is 2.11. The summed E-state index contributed by atoms with van der Waals surface area (Å²) in [5.74, 6) is 0. The Morgan fingerprint density at radius 2 is 2.38 bits per heavy atom. The van der Waals surface area contributed by atoms with E-state index in [1.54, 1.807) is 10.9 Å². The van der Waals surface area contributed by atoms with Crippen molar-refractivity contribution in [3.63, 3.8) is 0 Å². The third kappa shape index (κ3) is 2.70. The summed E-state index contributed by atoms with van der Waals surface area (Å²) in [6.07, 6.45) is 6.53. The predicted octanol–water partition coefficient (Wildman–Crippen LogP) is 1.52. The number of likely N-dealkylation sites (N-methyl/N-ethyl adjacent to an activating group) is 1. The topological polar surface area (TPSA) is 29.9 Å². The Bertz CT molecular complexity index is 286. The molecule has 0 fully saturated rings. The molecule has 3 heteroatoms. The molecule has 1 rings (SSSR count). The van der Waals surface area contributed by atoms with E-state index in [2.05, 4.69) is 30.8 Å². The van der Waals surface area contributed by atoms with E-state index in [9.17, 15) is 0 Å². The molecule has 72 valence electrons. The van der Waals surface area contributed by atoms with Crippen molar-refractivity contribution in [1.82, 2.24) is 15.1 Å². The van der Waals surface area contributed by atoms with Crippen molar-refractivity contribution in [2.75, 3.05) is 7.05 Å². The van der Waals surface area contributed by atoms with Crippen LogP contribution < -0.4 is 5.32 Å². The van der Waals surface area contributed by atoms with Crippen LogP contribution in [-0.2, 0) is 6.42 Å². The molecule has 0 aliphatic carbocycles. The Kier molecular flexibility index (Phi) is 2.88. The highest BCUT2D eigenvalue weighted by molar-refractivity contribution is 5.18. The normalized spacial score (nSPS) is 11.6. The van der Waals surface area contributed by atoms with Gasteiger partial charge in [-0.3, -0.25) is 0 Å². The lowest BCUT2D eigenvalue weighted by atomic mass is 9.97. The van der Waals surface area contributed by atoms with E-state index in [4.69, 9.17) is 0 Å². The SMILES string of the molecule is C=Cn1cc(CC(C)(C)NC)cn1. The average molecular weight is 179 g/mol. The van der Waals surface area contributed by atoms with Gasteiger partial charge in [0.15, 0.2) is 0 Å². The van der Waals surface area contributed by atoms with E-state index in [-0.39, 0.29) is 5.54 Å². The van der Waals surface area contributed by atoms with Crippen molar-refractivity contribution < 1.29 is 0 Å². The molecule has 0 spiro atoms. The second-order valence-electron chi connectivity index (χ2n) is 3.82. The van der Waals surface area contributed by atoms with E-state index >= 15 is 0 Å². The molecular formula is C10H17N3. The highest BCUT2D eigenvalue weighted by Gasteiger charge is 2.15. The number of nitrogens with zero attached hydrogens (tertiary/aromatic N) is 2. The molecular weight excluding hydrogens is 162 g/mol. The van der Waals surface area contributed by atoms with Gasteiger partial charge in [-0.1, -0.05) is 6.58 Å². The Morgan fingerprint density at radius 3 is 2.85 bits per heavy atom. The van der Waals surface area contributed by atoms with Gasteiger partial charge in [-0.2, -0.15) is 5.10 Å². The van der Waals surface area contributed by atoms with Crippen LogP contribution in [-0.4, -0.2) is 22.4 Å². The first kappa shape index (κ1) is 9.99. The number of aromatic nitrogens is 2. The van der Waals surface area contributed by atoms with Crippen LogP contribution in [0.2, 0.25) is 0 Å². The average Bonchev–Trinajstić information content (AvgIpc) is 2.52. The van der Waals surface area contributed by atoms with Crippen LogP contribution >= 0.6 is 0 Å². The van der Waals surface area contributed by atoms with Crippen LogP contribution in [0.5, 0.6) is 0 Å². The third-order valence-electron chi connectivity index (χ3n) is 2.16. The molecule has 0 aliphatic rings. The molecule has 13 heavy (non-hydrogen) atoms. The fraction of sp³-hybridized carbons (Fsp3) is 0.500. The van der Waals surface area contributed by atoms with Gasteiger partial charge in [-0.15, -0.1) is 0 Å². The highest BCUT2D eigenvalue weighted by atomic mass is 15.2. The van der Waals surface area contributed by atoms with Gasteiger partial charge < -0.3 is 5.32 Å². The number of hydrogen-bond donors (Lipinski definition) is 1. The van der Waals surface area contributed by atoms with Gasteiger partial charge in [-0.05, 0) is 32.9 Å². The molecule has 1 N–H and O–H groups in total. The first-order chi connectivity index (χ1) is 6.07. The minimum atomic E-state index is 0.120. The lowest BCUT2D eigenvalue weighted by molar-refractivity contribution is 0.422. The molecule has 3 nitrogen and oxygen atoms in total. The summed E-state index contributed by atoms with van der Waals surface area (Å²) in [6, 6.07) is 0. The molecule has 1 heterocycles. The largest absolute Gasteiger partial charge is 0.314 e. The summed E-state index contributed by atoms with van der Waals surface area (Å²) in [5, 5.41) is 7.38. The van der Waals surface area contributed by atoms with E-state index < -0.39 is 0 Å². The lowest BCUT2D eigenvalue weighted by Gasteiger charge is -2.22. The van der Waals surface area contributed by atoms with Crippen LogP contribution in [0.25, 0.3) is 6.20 Å². The zero-order valence-electron chi connectivity index (χ0n) is 8.54. The molecule has 0 radical (unpaired) electrons. The number of rotatable bonds is 4. The van der Waals surface area contributed by atoms with Gasteiger partial charge in [0.2, 0.25) is 0 Å². The first-order valence-corrected chi connectivity index (χ1v) is 4.42. The molecule has 1 aromatic rings. The van der Waals surface area contributed by atoms with Crippen LogP contribution in [0.15, 0.2) is 19.0 Å². The second-order valence-corrected chi connectivity index (χ2v) is 3.82. The van der Waals surface area contributed by atoms with E-state index in [1.807, 2.05) is 19.4 Å². The van der Waals surface area contributed by atoms with Crippen LogP contribution in [0, 0.1) is 0 Å². The van der Waals surface area contributed by atoms with Crippen molar-refractivity contribution in [1.29, 1.82) is 0 Å². The van der Waals surface area contributed by atoms with Crippen molar-refractivity contribution >= 4 is 6.20 Å². The second kappa shape index (κ2) is 3.75. The summed E-state index contributed by atoms with van der Waals surface area (Å²) in [6.45, 7) is 7.98. The van der Waals surface area contributed by atoms with Gasteiger partial charge in [0.25, 0.3) is 0 Å². The number of hydrogen-bond acceptors (Lipinski definition) is 2. The van der Waals surface area contributed by atoms with Crippen molar-refractivity contribution in [2.24, 2.45) is 0 Å². The Hall–Kier alpha value is -1.09. The van der Waals surface area contributed by atoms with Gasteiger partial charge in [-0.25, -0.2) is 4.68 Å². The molecule has 0 aromatic carbocycles. The smallest absolute Gasteiger partial charge is 0.0526 e. The molecule has 0 atom stereocenters. The summed E-state index contributed by atoms with van der Waals surface area (Å²) in [7, 11) is 1.97. The Labute approximate surface area is 79.5 Å². The van der Waals surface area contributed by atoms with E-state index in [1.165, 1.54) is 5.56 Å². The maximum Gasteiger partial charge on any atom is 0.0526 e. The van der Waals surface area contributed by atoms with Crippen LogP contribution in [0.4, 0.5) is 0 Å². The van der Waals surface area contributed by atoms with Gasteiger partial charge in [0, 0.05) is 17.9 Å². The first-order valence-electron chi connectivity index (χ1n) is 4.42. The standard InChI is InChI=1S/C10H17N3/c1-5-13-8-9(7-12-13)6-10(2,3)11-4/h5,7-8,11H,1,6H2,2-4H3. The van der Waals surface area contributed by atoms with E-state index in [0.29, 0.717) is 0 Å². The van der Waals surface area contributed by atoms with Crippen molar-refractivity contribution in [3.05, 3.63) is 24.5 Å². The minimum Gasteiger partial charge on any atom is -0.314 e. The van der Waals surface area contributed by atoms with Crippen LogP contribution in [0.1, 0.15) is 19.4 Å². The Morgan fingerprint density at radius 1 is 1.69 bits per heavy atom. The van der Waals surface area contributed by atoms with Gasteiger partial charge in [0.05, 0.1) is 6.20 Å². The third-order valence-corrected chi connectivity index (χ3v) is 2.16. The van der Waals surface area contributed by atoms with Gasteiger partial charge >= 0.3 is 0 Å². The van der Waals surface area contributed by atoms with Crippen molar-refractivity contribution in [2.45, 2.75) is 25.8 Å². The lowest BCUT2D eigenvalue weighted by Crippen LogP contribution is -2.38. The molecule has 0 amide bonds. The molecule has 1 aromatic heterocycles. The Balaban J connectivity index is 2.69.